The molecule has 2 fully saturated rings. The van der Waals surface area contributed by atoms with Crippen molar-refractivity contribution in [2.24, 2.45) is 0 Å². The van der Waals surface area contributed by atoms with Crippen molar-refractivity contribution in [3.63, 3.8) is 0 Å². The van der Waals surface area contributed by atoms with E-state index < -0.39 is 0 Å². The number of nitrogens with zero attached hydrogens (tertiary/aromatic N) is 2. The molecule has 2 nitrogen and oxygen atoms in total. The second-order valence-corrected chi connectivity index (χ2v) is 31.3. The number of hydrogen-bond acceptors (Lipinski definition) is 3. The van der Waals surface area contributed by atoms with E-state index >= 15 is 0 Å². The third-order valence-electron chi connectivity index (χ3n) is 22.5. The summed E-state index contributed by atoms with van der Waals surface area (Å²) in [5.74, 6) is 0. The molecule has 5 aromatic carbocycles. The van der Waals surface area contributed by atoms with Crippen LogP contribution in [0.3, 0.4) is 0 Å². The van der Waals surface area contributed by atoms with Crippen molar-refractivity contribution < 1.29 is 0 Å². The van der Waals surface area contributed by atoms with Crippen LogP contribution in [0, 0.1) is 0 Å². The summed E-state index contributed by atoms with van der Waals surface area (Å²) < 4.78 is 3.02. The van der Waals surface area contributed by atoms with E-state index in [4.69, 9.17) is 0 Å². The number of benzene rings is 5. The standard InChI is InChI=1S/C68H81BN2S/c1-60(2,3)40-32-54-57-55(33-40)71(42-17-19-45-47(35-42)64(10,11)23-21-62(45,6)7)58-43-36-48-51(68(15)30-24-65(48,12)25-31-68)39-56(43)72-59(58)69(57)52-37-49-50(67(14)28-26-66(49,13)27-29-67)38-53(52)70(54)41-16-18-44-46(34-41)63(8,9)22-20-61(44,4)5/h16-19,32-39H,20-31H2,1-15H3. The van der Waals surface area contributed by atoms with Gasteiger partial charge in [0.1, 0.15) is 0 Å². The average molecular weight is 969 g/mol. The lowest BCUT2D eigenvalue weighted by Crippen LogP contribution is -2.61. The van der Waals surface area contributed by atoms with Crippen molar-refractivity contribution in [1.82, 2.24) is 0 Å². The molecule has 3 heterocycles. The fourth-order valence-corrected chi connectivity index (χ4v) is 18.1. The number of hydrogen-bond donors (Lipinski definition) is 0. The van der Waals surface area contributed by atoms with Gasteiger partial charge < -0.3 is 9.80 Å². The normalized spacial score (nSPS) is 29.2. The summed E-state index contributed by atoms with van der Waals surface area (Å²) in [4.78, 5) is 5.64. The van der Waals surface area contributed by atoms with Crippen molar-refractivity contribution in [3.8, 4) is 0 Å². The van der Waals surface area contributed by atoms with Crippen LogP contribution >= 0.6 is 11.3 Å². The Balaban J connectivity index is 1.13. The molecule has 4 bridgehead atoms. The molecule has 0 amide bonds. The number of fused-ring (bicyclic) bond motifs is 12. The molecule has 0 radical (unpaired) electrons. The highest BCUT2D eigenvalue weighted by atomic mass is 32.1. The maximum Gasteiger partial charge on any atom is 0.264 e. The average Bonchev–Trinajstić information content (AvgIpc) is 3.70. The van der Waals surface area contributed by atoms with E-state index in [0.29, 0.717) is 0 Å². The first kappa shape index (κ1) is 46.3. The molecule has 8 aliphatic carbocycles. The lowest BCUT2D eigenvalue weighted by Gasteiger charge is -2.53. The SMILES string of the molecule is CC(C)(C)c1cc2c3c(c1)N(c1ccc4c(c1)C(C)(C)CCC4(C)C)c1c(sc4cc5c(cc14)C1(C)CCC5(C)CC1)B3c1cc3c(cc1N2c1ccc2c(c1)C(C)(C)CCC2(C)C)C1(C)CCC3(C)CC1. The molecule has 0 saturated heterocycles. The lowest BCUT2D eigenvalue weighted by atomic mass is 9.35. The molecular formula is C68H81BN2S. The summed E-state index contributed by atoms with van der Waals surface area (Å²) in [6.07, 6.45) is 15.2. The van der Waals surface area contributed by atoms with E-state index in [1.54, 1.807) is 22.3 Å². The summed E-state index contributed by atoms with van der Waals surface area (Å²) in [5.41, 5.74) is 26.6. The predicted molar refractivity (Wildman–Crippen MR) is 311 cm³/mol. The van der Waals surface area contributed by atoms with E-state index in [1.165, 1.54) is 165 Å². The number of rotatable bonds is 2. The Morgan fingerprint density at radius 1 is 0.417 bits per heavy atom. The molecule has 6 aromatic rings. The van der Waals surface area contributed by atoms with Crippen molar-refractivity contribution in [2.75, 3.05) is 9.80 Å². The molecular weight excluding hydrogens is 888 g/mol. The smallest absolute Gasteiger partial charge is 0.264 e. The highest BCUT2D eigenvalue weighted by molar-refractivity contribution is 7.33. The predicted octanol–water partition coefficient (Wildman–Crippen LogP) is 17.2. The quantitative estimate of drug-likeness (QED) is 0.159. The molecule has 10 aliphatic rings. The summed E-state index contributed by atoms with van der Waals surface area (Å²) in [6.45, 7) is 37.8. The van der Waals surface area contributed by atoms with Crippen LogP contribution in [0.1, 0.15) is 231 Å². The second kappa shape index (κ2) is 14.0. The monoisotopic (exact) mass is 969 g/mol. The van der Waals surface area contributed by atoms with Crippen molar-refractivity contribution in [1.29, 1.82) is 0 Å². The number of thiophene rings is 1. The minimum absolute atomic E-state index is 0.0845. The molecule has 372 valence electrons. The van der Waals surface area contributed by atoms with Gasteiger partial charge in [0.2, 0.25) is 0 Å². The zero-order chi connectivity index (χ0) is 50.5. The number of anilines is 6. The van der Waals surface area contributed by atoms with Crippen molar-refractivity contribution >= 4 is 78.0 Å². The Hall–Kier alpha value is -4.28. The van der Waals surface area contributed by atoms with Gasteiger partial charge in [-0.2, -0.15) is 0 Å². The fourth-order valence-electron chi connectivity index (χ4n) is 16.8. The molecule has 72 heavy (non-hydrogen) atoms. The largest absolute Gasteiger partial charge is 0.311 e. The van der Waals surface area contributed by atoms with Gasteiger partial charge in [-0.25, -0.2) is 0 Å². The molecule has 0 spiro atoms. The van der Waals surface area contributed by atoms with Crippen LogP contribution in [0.25, 0.3) is 10.1 Å². The van der Waals surface area contributed by atoms with Gasteiger partial charge in [0.15, 0.2) is 0 Å². The highest BCUT2D eigenvalue weighted by Gasteiger charge is 2.54. The topological polar surface area (TPSA) is 6.48 Å². The second-order valence-electron chi connectivity index (χ2n) is 30.2. The van der Waals surface area contributed by atoms with Crippen molar-refractivity contribution in [3.05, 3.63) is 123 Å². The van der Waals surface area contributed by atoms with Crippen LogP contribution in [0.2, 0.25) is 0 Å². The van der Waals surface area contributed by atoms with E-state index in [0.717, 1.165) is 0 Å². The van der Waals surface area contributed by atoms with Gasteiger partial charge in [0.25, 0.3) is 6.71 Å². The molecule has 16 rings (SSSR count). The van der Waals surface area contributed by atoms with E-state index in [1.807, 2.05) is 0 Å². The summed E-state index contributed by atoms with van der Waals surface area (Å²) >= 11 is 2.14. The summed E-state index contributed by atoms with van der Waals surface area (Å²) in [5, 5.41) is 1.47. The third-order valence-corrected chi connectivity index (χ3v) is 23.7. The van der Waals surface area contributed by atoms with Gasteiger partial charge in [0.05, 0.1) is 5.69 Å². The Morgan fingerprint density at radius 2 is 0.833 bits per heavy atom. The maximum atomic E-state index is 2.83. The van der Waals surface area contributed by atoms with E-state index in [9.17, 15) is 0 Å². The molecule has 0 unspecified atom stereocenters. The molecule has 1 aromatic heterocycles. The first-order valence-corrected chi connectivity index (χ1v) is 29.4. The van der Waals surface area contributed by atoms with Crippen LogP contribution in [0.5, 0.6) is 0 Å². The lowest BCUT2D eigenvalue weighted by molar-refractivity contribution is 0.188. The van der Waals surface area contributed by atoms with Crippen LogP contribution in [-0.2, 0) is 48.7 Å². The van der Waals surface area contributed by atoms with E-state index in [2.05, 4.69) is 198 Å². The minimum Gasteiger partial charge on any atom is -0.311 e. The maximum absolute atomic E-state index is 2.83. The third kappa shape index (κ3) is 6.03. The van der Waals surface area contributed by atoms with Crippen molar-refractivity contribution in [2.45, 2.75) is 230 Å². The van der Waals surface area contributed by atoms with Gasteiger partial charge in [-0.05, 0) is 241 Å². The van der Waals surface area contributed by atoms with Crippen LogP contribution < -0.4 is 25.5 Å². The first-order valence-electron chi connectivity index (χ1n) is 28.5. The minimum atomic E-state index is -0.0845. The zero-order valence-electron chi connectivity index (χ0n) is 46.8. The molecule has 0 N–H and O–H groups in total. The fraction of sp³-hybridized carbons (Fsp3) is 0.529. The van der Waals surface area contributed by atoms with E-state index in [-0.39, 0.29) is 55.4 Å². The zero-order valence-corrected chi connectivity index (χ0v) is 47.6. The Morgan fingerprint density at radius 3 is 1.32 bits per heavy atom. The Bertz CT molecular complexity index is 3380. The van der Waals surface area contributed by atoms with Crippen LogP contribution in [0.4, 0.5) is 34.1 Å². The molecule has 0 atom stereocenters. The van der Waals surface area contributed by atoms with Gasteiger partial charge in [-0.3, -0.25) is 0 Å². The molecule has 2 saturated carbocycles. The summed E-state index contributed by atoms with van der Waals surface area (Å²) in [7, 11) is 0. The molecule has 2 aliphatic heterocycles. The molecule has 4 heteroatoms. The van der Waals surface area contributed by atoms with Gasteiger partial charge >= 0.3 is 0 Å². The van der Waals surface area contributed by atoms with Crippen LogP contribution in [0.15, 0.2) is 72.8 Å². The van der Waals surface area contributed by atoms with Gasteiger partial charge in [0, 0.05) is 43.3 Å². The highest BCUT2D eigenvalue weighted by Crippen LogP contribution is 2.61. The van der Waals surface area contributed by atoms with Crippen LogP contribution in [-0.4, -0.2) is 6.71 Å². The Labute approximate surface area is 437 Å². The Kier molecular flexibility index (Phi) is 8.97. The van der Waals surface area contributed by atoms with Gasteiger partial charge in [-0.15, -0.1) is 11.3 Å². The first-order chi connectivity index (χ1) is 33.7. The summed E-state index contributed by atoms with van der Waals surface area (Å²) in [6, 6.07) is 31.9. The van der Waals surface area contributed by atoms with Gasteiger partial charge in [-0.1, -0.05) is 122 Å².